The minimum Gasteiger partial charge on any atom is -0.380 e. The molecule has 1 saturated heterocycles. The Kier molecular flexibility index (Phi) is 4.42. The second-order valence-electron chi connectivity index (χ2n) is 5.94. The second-order valence-corrected chi connectivity index (χ2v) is 6.37. The molecule has 0 aliphatic carbocycles. The Morgan fingerprint density at radius 2 is 1.77 bits per heavy atom. The maximum Gasteiger partial charge on any atom is 0.116 e. The van der Waals surface area contributed by atoms with Crippen LogP contribution in [0.15, 0.2) is 48.5 Å². The molecule has 1 atom stereocenters. The number of hydrogen-bond acceptors (Lipinski definition) is 2. The maximum absolute atomic E-state index is 11.4. The molecular weight excluding hydrogens is 294 g/mol. The van der Waals surface area contributed by atoms with Gasteiger partial charge in [0.25, 0.3) is 0 Å². The van der Waals surface area contributed by atoms with Crippen LogP contribution in [0.2, 0.25) is 5.02 Å². The molecule has 1 N–H and O–H groups in total. The van der Waals surface area contributed by atoms with Crippen LogP contribution < -0.4 is 4.90 Å². The molecule has 0 aromatic heterocycles. The fraction of sp³-hybridized carbons (Fsp3) is 0.368. The zero-order chi connectivity index (χ0) is 15.6. The molecule has 0 amide bonds. The fourth-order valence-electron chi connectivity index (χ4n) is 3.34. The summed E-state index contributed by atoms with van der Waals surface area (Å²) in [6.45, 7) is 4.11. The van der Waals surface area contributed by atoms with E-state index in [4.69, 9.17) is 11.6 Å². The molecule has 1 aliphatic rings. The first-order valence-electron chi connectivity index (χ1n) is 7.98. The Labute approximate surface area is 137 Å². The molecule has 1 heterocycles. The van der Waals surface area contributed by atoms with Crippen molar-refractivity contribution in [1.29, 1.82) is 0 Å². The minimum absolute atomic E-state index is 0.609. The Morgan fingerprint density at radius 1 is 1.09 bits per heavy atom. The average Bonchev–Trinajstić information content (AvgIpc) is 3.09. The summed E-state index contributed by atoms with van der Waals surface area (Å²) in [7, 11) is 0. The van der Waals surface area contributed by atoms with Gasteiger partial charge in [-0.25, -0.2) is 0 Å². The number of hydrogen-bond donors (Lipinski definition) is 1. The Bertz CT molecular complexity index is 637. The Morgan fingerprint density at radius 3 is 2.41 bits per heavy atom. The molecule has 116 valence electrons. The van der Waals surface area contributed by atoms with E-state index in [1.54, 1.807) is 0 Å². The van der Waals surface area contributed by atoms with Crippen LogP contribution in [0.4, 0.5) is 5.69 Å². The Hall–Kier alpha value is -1.51. The standard InChI is InChI=1S/C19H22ClNO/c1-2-19(22,15-8-4-3-5-9-15)17-14-16(20)10-11-18(17)21-12-6-7-13-21/h3-5,8-11,14,22H,2,6-7,12-13H2,1H3. The van der Waals surface area contributed by atoms with Crippen LogP contribution in [0.25, 0.3) is 0 Å². The summed E-state index contributed by atoms with van der Waals surface area (Å²) in [5, 5.41) is 12.1. The van der Waals surface area contributed by atoms with E-state index in [0.29, 0.717) is 11.4 Å². The number of halogens is 1. The number of rotatable bonds is 4. The SMILES string of the molecule is CCC(O)(c1ccccc1)c1cc(Cl)ccc1N1CCCC1. The maximum atomic E-state index is 11.4. The predicted molar refractivity (Wildman–Crippen MR) is 92.6 cm³/mol. The zero-order valence-corrected chi connectivity index (χ0v) is 13.7. The van der Waals surface area contributed by atoms with Gasteiger partial charge < -0.3 is 10.0 Å². The first-order chi connectivity index (χ1) is 10.6. The van der Waals surface area contributed by atoms with Crippen molar-refractivity contribution >= 4 is 17.3 Å². The summed E-state index contributed by atoms with van der Waals surface area (Å²) in [5.74, 6) is 0. The highest BCUT2D eigenvalue weighted by Crippen LogP contribution is 2.40. The number of anilines is 1. The van der Waals surface area contributed by atoms with Crippen molar-refractivity contribution in [3.63, 3.8) is 0 Å². The first-order valence-corrected chi connectivity index (χ1v) is 8.36. The van der Waals surface area contributed by atoms with Crippen molar-refractivity contribution in [2.24, 2.45) is 0 Å². The zero-order valence-electron chi connectivity index (χ0n) is 12.9. The predicted octanol–water partition coefficient (Wildman–Crippen LogP) is 4.59. The van der Waals surface area contributed by atoms with Gasteiger partial charge in [0.1, 0.15) is 5.60 Å². The third-order valence-corrected chi connectivity index (χ3v) is 4.85. The van der Waals surface area contributed by atoms with Crippen LogP contribution >= 0.6 is 11.6 Å². The molecule has 1 fully saturated rings. The number of aliphatic hydroxyl groups is 1. The van der Waals surface area contributed by atoms with Gasteiger partial charge in [-0.15, -0.1) is 0 Å². The van der Waals surface area contributed by atoms with E-state index >= 15 is 0 Å². The minimum atomic E-state index is -1.01. The molecule has 0 saturated carbocycles. The van der Waals surface area contributed by atoms with Crippen LogP contribution in [0.3, 0.4) is 0 Å². The van der Waals surface area contributed by atoms with Crippen molar-refractivity contribution in [2.75, 3.05) is 18.0 Å². The molecule has 2 aromatic rings. The summed E-state index contributed by atoms with van der Waals surface area (Å²) in [6.07, 6.45) is 3.02. The molecule has 1 aliphatic heterocycles. The van der Waals surface area contributed by atoms with E-state index in [-0.39, 0.29) is 0 Å². The second kappa shape index (κ2) is 6.31. The van der Waals surface area contributed by atoms with Gasteiger partial charge >= 0.3 is 0 Å². The lowest BCUT2D eigenvalue weighted by Crippen LogP contribution is -2.30. The van der Waals surface area contributed by atoms with Crippen LogP contribution in [0.1, 0.15) is 37.3 Å². The lowest BCUT2D eigenvalue weighted by Gasteiger charge is -2.33. The monoisotopic (exact) mass is 315 g/mol. The topological polar surface area (TPSA) is 23.5 Å². The molecule has 2 nitrogen and oxygen atoms in total. The van der Waals surface area contributed by atoms with Gasteiger partial charge in [-0.05, 0) is 43.0 Å². The number of benzene rings is 2. The highest BCUT2D eigenvalue weighted by atomic mass is 35.5. The van der Waals surface area contributed by atoms with Gasteiger partial charge in [0.05, 0.1) is 0 Å². The van der Waals surface area contributed by atoms with Gasteiger partial charge in [-0.1, -0.05) is 48.9 Å². The molecule has 0 spiro atoms. The van der Waals surface area contributed by atoms with Gasteiger partial charge in [-0.2, -0.15) is 0 Å². The summed E-state index contributed by atoms with van der Waals surface area (Å²) < 4.78 is 0. The van der Waals surface area contributed by atoms with Crippen molar-refractivity contribution in [1.82, 2.24) is 0 Å². The quantitative estimate of drug-likeness (QED) is 0.892. The van der Waals surface area contributed by atoms with Crippen LogP contribution in [-0.4, -0.2) is 18.2 Å². The molecule has 3 rings (SSSR count). The molecule has 0 bridgehead atoms. The van der Waals surface area contributed by atoms with Crippen molar-refractivity contribution in [2.45, 2.75) is 31.8 Å². The lowest BCUT2D eigenvalue weighted by atomic mass is 9.83. The average molecular weight is 316 g/mol. The van der Waals surface area contributed by atoms with E-state index in [9.17, 15) is 5.11 Å². The van der Waals surface area contributed by atoms with Crippen molar-refractivity contribution < 1.29 is 5.11 Å². The van der Waals surface area contributed by atoms with E-state index in [0.717, 1.165) is 29.9 Å². The van der Waals surface area contributed by atoms with E-state index in [2.05, 4.69) is 4.90 Å². The molecule has 0 radical (unpaired) electrons. The summed E-state index contributed by atoms with van der Waals surface area (Å²) in [6, 6.07) is 15.8. The first kappa shape index (κ1) is 15.4. The summed E-state index contributed by atoms with van der Waals surface area (Å²) in [5.41, 5.74) is 1.93. The molecule has 2 aromatic carbocycles. The summed E-state index contributed by atoms with van der Waals surface area (Å²) in [4.78, 5) is 2.36. The van der Waals surface area contributed by atoms with Crippen LogP contribution in [0.5, 0.6) is 0 Å². The normalized spacial score (nSPS) is 17.5. The van der Waals surface area contributed by atoms with Gasteiger partial charge in [0, 0.05) is 29.4 Å². The lowest BCUT2D eigenvalue weighted by molar-refractivity contribution is 0.0770. The number of nitrogens with zero attached hydrogens (tertiary/aromatic N) is 1. The largest absolute Gasteiger partial charge is 0.380 e. The van der Waals surface area contributed by atoms with Gasteiger partial charge in [0.2, 0.25) is 0 Å². The molecule has 3 heteroatoms. The van der Waals surface area contributed by atoms with Crippen LogP contribution in [-0.2, 0) is 5.60 Å². The smallest absolute Gasteiger partial charge is 0.116 e. The molecular formula is C19H22ClNO. The third-order valence-electron chi connectivity index (χ3n) is 4.61. The summed E-state index contributed by atoms with van der Waals surface area (Å²) >= 11 is 6.24. The molecule has 1 unspecified atom stereocenters. The Balaban J connectivity index is 2.13. The van der Waals surface area contributed by atoms with Gasteiger partial charge in [-0.3, -0.25) is 0 Å². The van der Waals surface area contributed by atoms with E-state index < -0.39 is 5.60 Å². The van der Waals surface area contributed by atoms with Gasteiger partial charge in [0.15, 0.2) is 0 Å². The van der Waals surface area contributed by atoms with E-state index in [1.165, 1.54) is 12.8 Å². The van der Waals surface area contributed by atoms with Crippen LogP contribution in [0, 0.1) is 0 Å². The third kappa shape index (κ3) is 2.73. The highest BCUT2D eigenvalue weighted by molar-refractivity contribution is 6.30. The fourth-order valence-corrected chi connectivity index (χ4v) is 3.51. The highest BCUT2D eigenvalue weighted by Gasteiger charge is 2.33. The van der Waals surface area contributed by atoms with E-state index in [1.807, 2.05) is 55.5 Å². The van der Waals surface area contributed by atoms with Crippen molar-refractivity contribution in [3.05, 3.63) is 64.7 Å². The van der Waals surface area contributed by atoms with Crippen molar-refractivity contribution in [3.8, 4) is 0 Å². The molecule has 22 heavy (non-hydrogen) atoms.